The number of sulfonamides is 1. The summed E-state index contributed by atoms with van der Waals surface area (Å²) in [6, 6.07) is 18.0. The Morgan fingerprint density at radius 3 is 1.79 bits per heavy atom. The number of benzene rings is 3. The van der Waals surface area contributed by atoms with Crippen LogP contribution in [0.25, 0.3) is 0 Å². The molecule has 0 spiro atoms. The zero-order valence-electron chi connectivity index (χ0n) is 19.1. The van der Waals surface area contributed by atoms with Crippen molar-refractivity contribution in [1.29, 1.82) is 0 Å². The van der Waals surface area contributed by atoms with Gasteiger partial charge in [0.25, 0.3) is 0 Å². The first-order chi connectivity index (χ1) is 16.1. The van der Waals surface area contributed by atoms with E-state index in [2.05, 4.69) is 15.9 Å². The van der Waals surface area contributed by atoms with Crippen molar-refractivity contribution in [1.82, 2.24) is 4.31 Å². The molecular weight excluding hydrogens is 525 g/mol. The Balaban J connectivity index is 1.93. The summed E-state index contributed by atoms with van der Waals surface area (Å²) in [5.41, 5.74) is 1.83. The number of aliphatic hydroxyl groups is 1. The summed E-state index contributed by atoms with van der Waals surface area (Å²) in [7, 11) is -0.874. The normalized spacial score (nSPS) is 13.5. The lowest BCUT2D eigenvalue weighted by molar-refractivity contribution is 0.171. The van der Waals surface area contributed by atoms with E-state index in [4.69, 9.17) is 9.47 Å². The number of ether oxygens (including phenoxy) is 2. The zero-order valence-corrected chi connectivity index (χ0v) is 21.5. The van der Waals surface area contributed by atoms with Crippen LogP contribution in [0.15, 0.2) is 71.2 Å². The molecule has 6 nitrogen and oxygen atoms in total. The van der Waals surface area contributed by atoms with Gasteiger partial charge in [0.1, 0.15) is 22.6 Å². The highest BCUT2D eigenvalue weighted by Gasteiger charge is 2.35. The van der Waals surface area contributed by atoms with Crippen LogP contribution in [0.1, 0.15) is 29.7 Å². The molecule has 1 N–H and O–H groups in total. The molecule has 3 aromatic rings. The molecule has 0 saturated carbocycles. The van der Waals surface area contributed by atoms with E-state index in [1.807, 2.05) is 0 Å². The number of methoxy groups -OCH3 is 2. The fourth-order valence-corrected chi connectivity index (χ4v) is 5.68. The summed E-state index contributed by atoms with van der Waals surface area (Å²) in [4.78, 5) is 0. The molecule has 0 fully saturated rings. The first-order valence-electron chi connectivity index (χ1n) is 10.5. The Labute approximate surface area is 208 Å². The number of hydrogen-bond acceptors (Lipinski definition) is 5. The maximum Gasteiger partial charge on any atom is 0.220 e. The molecule has 0 aliphatic carbocycles. The average Bonchev–Trinajstić information content (AvgIpc) is 2.83. The molecule has 0 bridgehead atoms. The van der Waals surface area contributed by atoms with E-state index in [1.54, 1.807) is 62.8 Å². The lowest BCUT2D eigenvalue weighted by Crippen LogP contribution is -2.39. The minimum atomic E-state index is -4.00. The minimum Gasteiger partial charge on any atom is -0.497 e. The van der Waals surface area contributed by atoms with Crippen molar-refractivity contribution in [2.45, 2.75) is 31.4 Å². The van der Waals surface area contributed by atoms with Gasteiger partial charge in [-0.25, -0.2) is 12.8 Å². The molecule has 0 saturated heterocycles. The number of aliphatic hydroxyl groups excluding tert-OH is 1. The van der Waals surface area contributed by atoms with Crippen molar-refractivity contribution in [2.24, 2.45) is 0 Å². The summed E-state index contributed by atoms with van der Waals surface area (Å²) < 4.78 is 52.9. The SMILES string of the molecule is COc1ccc(CN(Cc2ccc(OC)cc2)S(=O)(=O)[C@@H](C)[C@@H](O)c2ccc(F)cc2Br)cc1. The number of hydrogen-bond donors (Lipinski definition) is 1. The quantitative estimate of drug-likeness (QED) is 0.381. The standard InChI is InChI=1S/C25H27BrFNO5S/c1-17(25(29)23-13-8-20(27)14-24(23)26)34(30,31)28(15-18-4-9-21(32-2)10-5-18)16-19-6-11-22(33-3)12-7-19/h4-14,17,25,29H,15-16H2,1-3H3/t17-,25+/m0/s1. The second kappa shape index (κ2) is 11.3. The third-order valence-corrected chi connectivity index (χ3v) is 8.45. The predicted octanol–water partition coefficient (Wildman–Crippen LogP) is 5.06. The lowest BCUT2D eigenvalue weighted by Gasteiger charge is -2.29. The highest BCUT2D eigenvalue weighted by Crippen LogP contribution is 2.31. The van der Waals surface area contributed by atoms with Crippen molar-refractivity contribution in [2.75, 3.05) is 14.2 Å². The van der Waals surface area contributed by atoms with E-state index in [0.717, 1.165) is 11.1 Å². The smallest absolute Gasteiger partial charge is 0.220 e. The van der Waals surface area contributed by atoms with E-state index in [1.165, 1.54) is 29.4 Å². The molecule has 34 heavy (non-hydrogen) atoms. The van der Waals surface area contributed by atoms with E-state index in [0.29, 0.717) is 21.5 Å². The van der Waals surface area contributed by atoms with Crippen molar-refractivity contribution in [3.05, 3.63) is 93.7 Å². The Morgan fingerprint density at radius 1 is 0.912 bits per heavy atom. The summed E-state index contributed by atoms with van der Waals surface area (Å²) >= 11 is 3.22. The van der Waals surface area contributed by atoms with Crippen LogP contribution in [0.5, 0.6) is 11.5 Å². The van der Waals surface area contributed by atoms with Gasteiger partial charge in [0.2, 0.25) is 10.0 Å². The maximum atomic E-state index is 13.7. The molecular formula is C25H27BrFNO5S. The summed E-state index contributed by atoms with van der Waals surface area (Å²) in [5.74, 6) is 0.843. The first-order valence-corrected chi connectivity index (χ1v) is 12.8. The van der Waals surface area contributed by atoms with Gasteiger partial charge < -0.3 is 14.6 Å². The second-order valence-corrected chi connectivity index (χ2v) is 11.0. The molecule has 0 unspecified atom stereocenters. The fourth-order valence-electron chi connectivity index (χ4n) is 3.50. The van der Waals surface area contributed by atoms with Gasteiger partial charge in [0, 0.05) is 17.6 Å². The van der Waals surface area contributed by atoms with Crippen molar-refractivity contribution < 1.29 is 27.4 Å². The van der Waals surface area contributed by atoms with Gasteiger partial charge in [-0.1, -0.05) is 46.3 Å². The Kier molecular flexibility index (Phi) is 8.70. The topological polar surface area (TPSA) is 76.1 Å². The van der Waals surface area contributed by atoms with E-state index in [-0.39, 0.29) is 13.1 Å². The lowest BCUT2D eigenvalue weighted by atomic mass is 10.1. The first kappa shape index (κ1) is 26.2. The fraction of sp³-hybridized carbons (Fsp3) is 0.280. The van der Waals surface area contributed by atoms with Crippen LogP contribution in [-0.2, 0) is 23.1 Å². The van der Waals surface area contributed by atoms with Crippen LogP contribution in [-0.4, -0.2) is 37.3 Å². The van der Waals surface area contributed by atoms with Crippen molar-refractivity contribution in [3.8, 4) is 11.5 Å². The van der Waals surface area contributed by atoms with E-state index >= 15 is 0 Å². The third-order valence-electron chi connectivity index (χ3n) is 5.59. The number of nitrogens with zero attached hydrogens (tertiary/aromatic N) is 1. The van der Waals surface area contributed by atoms with Crippen molar-refractivity contribution >= 4 is 26.0 Å². The molecule has 0 aliphatic rings. The minimum absolute atomic E-state index is 0.0972. The summed E-state index contributed by atoms with van der Waals surface area (Å²) in [6.45, 7) is 1.64. The van der Waals surface area contributed by atoms with Gasteiger partial charge in [-0.05, 0) is 60.0 Å². The zero-order chi connectivity index (χ0) is 24.9. The molecule has 0 amide bonds. The Hall–Kier alpha value is -2.46. The molecule has 2 atom stereocenters. The number of rotatable bonds is 10. The van der Waals surface area contributed by atoms with E-state index in [9.17, 15) is 17.9 Å². The highest BCUT2D eigenvalue weighted by atomic mass is 79.9. The Morgan fingerprint density at radius 2 is 1.38 bits per heavy atom. The summed E-state index contributed by atoms with van der Waals surface area (Å²) in [5, 5.41) is 9.73. The Bertz CT molecular complexity index is 1150. The van der Waals surface area contributed by atoms with Crippen LogP contribution in [0.4, 0.5) is 4.39 Å². The van der Waals surface area contributed by atoms with Gasteiger partial charge in [-0.15, -0.1) is 0 Å². The molecule has 9 heteroatoms. The highest BCUT2D eigenvalue weighted by molar-refractivity contribution is 9.10. The molecule has 0 radical (unpaired) electrons. The monoisotopic (exact) mass is 551 g/mol. The van der Waals surface area contributed by atoms with Crippen LogP contribution < -0.4 is 9.47 Å². The maximum absolute atomic E-state index is 13.7. The second-order valence-electron chi connectivity index (χ2n) is 7.82. The molecule has 0 heterocycles. The van der Waals surface area contributed by atoms with Crippen LogP contribution in [0, 0.1) is 5.82 Å². The van der Waals surface area contributed by atoms with Crippen LogP contribution >= 0.6 is 15.9 Å². The molecule has 3 aromatic carbocycles. The summed E-state index contributed by atoms with van der Waals surface area (Å²) in [6.07, 6.45) is -1.37. The van der Waals surface area contributed by atoms with Gasteiger partial charge in [-0.3, -0.25) is 0 Å². The average molecular weight is 552 g/mol. The van der Waals surface area contributed by atoms with Gasteiger partial charge in [-0.2, -0.15) is 4.31 Å². The van der Waals surface area contributed by atoms with Crippen LogP contribution in [0.3, 0.4) is 0 Å². The number of halogens is 2. The molecule has 0 aromatic heterocycles. The molecule has 182 valence electrons. The third kappa shape index (κ3) is 6.15. The molecule has 0 aliphatic heterocycles. The largest absolute Gasteiger partial charge is 0.497 e. The van der Waals surface area contributed by atoms with Crippen molar-refractivity contribution in [3.63, 3.8) is 0 Å². The van der Waals surface area contributed by atoms with E-state index < -0.39 is 27.2 Å². The van der Waals surface area contributed by atoms with Crippen LogP contribution in [0.2, 0.25) is 0 Å². The molecule has 3 rings (SSSR count). The van der Waals surface area contributed by atoms with Gasteiger partial charge >= 0.3 is 0 Å². The predicted molar refractivity (Wildman–Crippen MR) is 133 cm³/mol. The van der Waals surface area contributed by atoms with Gasteiger partial charge in [0.15, 0.2) is 0 Å². The van der Waals surface area contributed by atoms with Gasteiger partial charge in [0.05, 0.1) is 20.3 Å².